The molecule has 0 aliphatic carbocycles. The van der Waals surface area contributed by atoms with E-state index in [2.05, 4.69) is 74.6 Å². The monoisotopic (exact) mass is 500 g/mol. The molecule has 0 radical (unpaired) electrons. The molecule has 36 heavy (non-hydrogen) atoms. The van der Waals surface area contributed by atoms with Gasteiger partial charge < -0.3 is 9.84 Å². The van der Waals surface area contributed by atoms with E-state index in [1.807, 2.05) is 0 Å². The van der Waals surface area contributed by atoms with Gasteiger partial charge in [0.1, 0.15) is 6.10 Å². The molecule has 0 bridgehead atoms. The second-order valence-electron chi connectivity index (χ2n) is 9.20. The minimum Gasteiger partial charge on any atom is -0.481 e. The second-order valence-corrected chi connectivity index (χ2v) is 9.20. The Hall–Kier alpha value is -2.36. The normalized spacial score (nSPS) is 13.2. The number of hydrogen-bond donors (Lipinski definition) is 1. The Labute approximate surface area is 221 Å². The summed E-state index contributed by atoms with van der Waals surface area (Å²) in [5.41, 5.74) is 0. The van der Waals surface area contributed by atoms with E-state index in [9.17, 15) is 9.59 Å². The molecule has 0 fully saturated rings. The van der Waals surface area contributed by atoms with E-state index in [1.165, 1.54) is 0 Å². The van der Waals surface area contributed by atoms with E-state index in [4.69, 9.17) is 9.84 Å². The number of esters is 1. The Morgan fingerprint density at radius 1 is 0.639 bits per heavy atom. The molecular formula is C32H52O4. The summed E-state index contributed by atoms with van der Waals surface area (Å²) in [6.07, 6.45) is 36.8. The first-order valence-electron chi connectivity index (χ1n) is 14.3. The van der Waals surface area contributed by atoms with Crippen LogP contribution in [0.2, 0.25) is 0 Å². The molecule has 0 aromatic carbocycles. The molecule has 0 spiro atoms. The quantitative estimate of drug-likeness (QED) is 0.0814. The zero-order valence-electron chi connectivity index (χ0n) is 23.0. The summed E-state index contributed by atoms with van der Waals surface area (Å²) in [5, 5.41) is 8.74. The molecule has 0 rings (SSSR count). The minimum atomic E-state index is -0.742. The van der Waals surface area contributed by atoms with Crippen molar-refractivity contribution in [3.63, 3.8) is 0 Å². The van der Waals surface area contributed by atoms with Gasteiger partial charge in [0.15, 0.2) is 0 Å². The summed E-state index contributed by atoms with van der Waals surface area (Å²) in [7, 11) is 0. The zero-order chi connectivity index (χ0) is 26.5. The van der Waals surface area contributed by atoms with Gasteiger partial charge in [-0.2, -0.15) is 0 Å². The highest BCUT2D eigenvalue weighted by Crippen LogP contribution is 2.16. The van der Waals surface area contributed by atoms with Gasteiger partial charge in [-0.15, -0.1) is 0 Å². The lowest BCUT2D eigenvalue weighted by Crippen LogP contribution is -2.18. The van der Waals surface area contributed by atoms with Gasteiger partial charge in [-0.25, -0.2) is 0 Å². The molecule has 1 unspecified atom stereocenters. The fraction of sp³-hybridized carbons (Fsp3) is 0.625. The first kappa shape index (κ1) is 33.6. The molecule has 204 valence electrons. The number of unbranched alkanes of at least 4 members (excludes halogenated alkanes) is 5. The number of carboxylic acids is 1. The van der Waals surface area contributed by atoms with Crippen molar-refractivity contribution in [2.24, 2.45) is 0 Å². The molecule has 1 N–H and O–H groups in total. The van der Waals surface area contributed by atoms with Gasteiger partial charge >= 0.3 is 11.9 Å². The Morgan fingerprint density at radius 2 is 1.17 bits per heavy atom. The maximum Gasteiger partial charge on any atom is 0.306 e. The molecular weight excluding hydrogens is 448 g/mol. The standard InChI is InChI=1S/C32H52O4/c1-3-5-7-8-9-10-11-12-13-14-15-16-17-18-19-20-25-29-32(35)36-30(26-22-6-4-2)27-23-21-24-28-31(33)34/h5,7,9-10,12-13,15-16,18-19,30H,3-4,6,8,11,14,17,20-29H2,1-2H3,(H,33,34)/b7-5-,10-9-,13-12-,16-15-,19-18-. The van der Waals surface area contributed by atoms with Crippen LogP contribution in [0.1, 0.15) is 123 Å². The third-order valence-electron chi connectivity index (χ3n) is 5.75. The van der Waals surface area contributed by atoms with Crippen molar-refractivity contribution in [1.82, 2.24) is 0 Å². The summed E-state index contributed by atoms with van der Waals surface area (Å²) < 4.78 is 5.75. The number of aliphatic carboxylic acids is 1. The van der Waals surface area contributed by atoms with Gasteiger partial charge in [-0.1, -0.05) is 93.9 Å². The highest BCUT2D eigenvalue weighted by atomic mass is 16.5. The minimum absolute atomic E-state index is 0.0254. The number of carbonyl (C=O) groups is 2. The number of rotatable bonds is 24. The van der Waals surface area contributed by atoms with E-state index in [0.29, 0.717) is 12.8 Å². The van der Waals surface area contributed by atoms with Crippen LogP contribution < -0.4 is 0 Å². The van der Waals surface area contributed by atoms with Crippen molar-refractivity contribution >= 4 is 11.9 Å². The third kappa shape index (κ3) is 26.2. The lowest BCUT2D eigenvalue weighted by Gasteiger charge is -2.18. The van der Waals surface area contributed by atoms with Crippen molar-refractivity contribution < 1.29 is 19.4 Å². The van der Waals surface area contributed by atoms with Gasteiger partial charge in [-0.05, 0) is 77.0 Å². The highest BCUT2D eigenvalue weighted by molar-refractivity contribution is 5.69. The maximum atomic E-state index is 12.3. The summed E-state index contributed by atoms with van der Waals surface area (Å²) in [4.78, 5) is 22.9. The van der Waals surface area contributed by atoms with Gasteiger partial charge in [0.05, 0.1) is 0 Å². The van der Waals surface area contributed by atoms with Gasteiger partial charge in [-0.3, -0.25) is 9.59 Å². The molecule has 0 heterocycles. The SMILES string of the molecule is CC/C=C\C/C=C\C/C=C\C/C=C\C/C=C\CCCC(=O)OC(CCCCC)CCCCCC(=O)O. The van der Waals surface area contributed by atoms with Gasteiger partial charge in [0, 0.05) is 12.8 Å². The lowest BCUT2D eigenvalue weighted by atomic mass is 10.0. The molecule has 0 aromatic heterocycles. The molecule has 0 aromatic rings. The fourth-order valence-electron chi connectivity index (χ4n) is 3.69. The number of allylic oxidation sites excluding steroid dienone is 10. The van der Waals surface area contributed by atoms with E-state index in [1.54, 1.807) is 0 Å². The molecule has 4 heteroatoms. The number of hydrogen-bond acceptors (Lipinski definition) is 3. The lowest BCUT2D eigenvalue weighted by molar-refractivity contribution is -0.150. The summed E-state index contributed by atoms with van der Waals surface area (Å²) >= 11 is 0. The van der Waals surface area contributed by atoms with Crippen LogP contribution in [0.15, 0.2) is 60.8 Å². The fourth-order valence-corrected chi connectivity index (χ4v) is 3.69. The van der Waals surface area contributed by atoms with Crippen molar-refractivity contribution in [3.05, 3.63) is 60.8 Å². The predicted octanol–water partition coefficient (Wildman–Crippen LogP) is 9.44. The van der Waals surface area contributed by atoms with Crippen LogP contribution in [0.25, 0.3) is 0 Å². The third-order valence-corrected chi connectivity index (χ3v) is 5.75. The van der Waals surface area contributed by atoms with Crippen LogP contribution in [0, 0.1) is 0 Å². The number of carbonyl (C=O) groups excluding carboxylic acids is 1. The van der Waals surface area contributed by atoms with Crippen molar-refractivity contribution in [3.8, 4) is 0 Å². The van der Waals surface area contributed by atoms with Crippen LogP contribution in [0.5, 0.6) is 0 Å². The first-order chi connectivity index (χ1) is 17.6. The Kier molecular flexibility index (Phi) is 25.4. The van der Waals surface area contributed by atoms with Crippen molar-refractivity contribution in [1.29, 1.82) is 0 Å². The van der Waals surface area contributed by atoms with E-state index in [0.717, 1.165) is 89.9 Å². The zero-order valence-corrected chi connectivity index (χ0v) is 23.0. The van der Waals surface area contributed by atoms with E-state index in [-0.39, 0.29) is 18.5 Å². The van der Waals surface area contributed by atoms with Gasteiger partial charge in [0.25, 0.3) is 0 Å². The largest absolute Gasteiger partial charge is 0.481 e. The average Bonchev–Trinajstić information content (AvgIpc) is 2.85. The summed E-state index contributed by atoms with van der Waals surface area (Å²) in [6.45, 7) is 4.32. The Bertz CT molecular complexity index is 670. The Balaban J connectivity index is 3.93. The molecule has 0 amide bonds. The first-order valence-corrected chi connectivity index (χ1v) is 14.3. The average molecular weight is 501 g/mol. The van der Waals surface area contributed by atoms with Crippen LogP contribution in [-0.2, 0) is 14.3 Å². The molecule has 1 atom stereocenters. The molecule has 0 aliphatic rings. The van der Waals surface area contributed by atoms with Crippen LogP contribution in [0.3, 0.4) is 0 Å². The van der Waals surface area contributed by atoms with Crippen LogP contribution in [0.4, 0.5) is 0 Å². The smallest absolute Gasteiger partial charge is 0.306 e. The topological polar surface area (TPSA) is 63.6 Å². The molecule has 4 nitrogen and oxygen atoms in total. The molecule has 0 saturated carbocycles. The van der Waals surface area contributed by atoms with Crippen LogP contribution in [-0.4, -0.2) is 23.1 Å². The predicted molar refractivity (Wildman–Crippen MR) is 153 cm³/mol. The maximum absolute atomic E-state index is 12.3. The summed E-state index contributed by atoms with van der Waals surface area (Å²) in [5.74, 6) is -0.845. The number of carboxylic acid groups (broad SMARTS) is 1. The Morgan fingerprint density at radius 3 is 1.69 bits per heavy atom. The highest BCUT2D eigenvalue weighted by Gasteiger charge is 2.14. The van der Waals surface area contributed by atoms with E-state index < -0.39 is 5.97 Å². The van der Waals surface area contributed by atoms with Crippen molar-refractivity contribution in [2.45, 2.75) is 129 Å². The number of ether oxygens (including phenoxy) is 1. The van der Waals surface area contributed by atoms with Gasteiger partial charge in [0.2, 0.25) is 0 Å². The second kappa shape index (κ2) is 27.2. The van der Waals surface area contributed by atoms with E-state index >= 15 is 0 Å². The molecule has 0 aliphatic heterocycles. The van der Waals surface area contributed by atoms with Crippen LogP contribution >= 0.6 is 0 Å². The summed E-state index contributed by atoms with van der Waals surface area (Å²) in [6, 6.07) is 0. The molecule has 0 saturated heterocycles. The van der Waals surface area contributed by atoms with Crippen molar-refractivity contribution in [2.75, 3.05) is 0 Å².